The third-order valence-electron chi connectivity index (χ3n) is 3.95. The maximum Gasteiger partial charge on any atom is 0.416 e. The molecule has 0 unspecified atom stereocenters. The van der Waals surface area contributed by atoms with Gasteiger partial charge in [-0.15, -0.1) is 0 Å². The number of hydrogen-bond acceptors (Lipinski definition) is 2. The molecule has 1 amide bonds. The normalized spacial score (nSPS) is 11.4. The second kappa shape index (κ2) is 8.83. The molecule has 0 saturated carbocycles. The van der Waals surface area contributed by atoms with E-state index in [1.165, 1.54) is 12.1 Å². The standard InChI is InChI=1S/C22H22F3NO2/c1-21(2,3)17-11-9-16(10-12-17)20(27)26-13-4-5-14-28-19-8-6-7-18(15-19)22(23,24)25/h6-12,15H,13-14H2,1-3H3,(H,26,27). The SMILES string of the molecule is CC(C)(C)c1ccc(C(=O)NCC#CCOc2cccc(C(F)(F)F)c2)cc1. The van der Waals surface area contributed by atoms with Crippen LogP contribution >= 0.6 is 0 Å². The maximum atomic E-state index is 12.6. The van der Waals surface area contributed by atoms with Gasteiger partial charge in [0.05, 0.1) is 12.1 Å². The summed E-state index contributed by atoms with van der Waals surface area (Å²) in [5, 5.41) is 2.67. The van der Waals surface area contributed by atoms with Crippen LogP contribution in [0.2, 0.25) is 0 Å². The van der Waals surface area contributed by atoms with Crippen LogP contribution < -0.4 is 10.1 Å². The van der Waals surface area contributed by atoms with E-state index in [1.807, 2.05) is 12.1 Å². The molecule has 1 N–H and O–H groups in total. The van der Waals surface area contributed by atoms with E-state index in [0.29, 0.717) is 5.56 Å². The van der Waals surface area contributed by atoms with Gasteiger partial charge in [-0.1, -0.05) is 50.8 Å². The Morgan fingerprint density at radius 1 is 1.00 bits per heavy atom. The average Bonchev–Trinajstić information content (AvgIpc) is 2.63. The first-order valence-electron chi connectivity index (χ1n) is 8.72. The molecular formula is C22H22F3NO2. The van der Waals surface area contributed by atoms with Crippen molar-refractivity contribution >= 4 is 5.91 Å². The van der Waals surface area contributed by atoms with Gasteiger partial charge in [-0.2, -0.15) is 13.2 Å². The molecule has 0 fully saturated rings. The van der Waals surface area contributed by atoms with E-state index in [1.54, 1.807) is 12.1 Å². The highest BCUT2D eigenvalue weighted by Gasteiger charge is 2.30. The van der Waals surface area contributed by atoms with Crippen molar-refractivity contribution in [1.29, 1.82) is 0 Å². The predicted octanol–water partition coefficient (Wildman–Crippen LogP) is 4.82. The molecule has 0 saturated heterocycles. The van der Waals surface area contributed by atoms with Gasteiger partial charge in [-0.3, -0.25) is 4.79 Å². The van der Waals surface area contributed by atoms with E-state index in [2.05, 4.69) is 37.9 Å². The predicted molar refractivity (Wildman–Crippen MR) is 102 cm³/mol. The van der Waals surface area contributed by atoms with E-state index in [0.717, 1.165) is 17.7 Å². The van der Waals surface area contributed by atoms with E-state index in [9.17, 15) is 18.0 Å². The highest BCUT2D eigenvalue weighted by Crippen LogP contribution is 2.31. The molecule has 0 aliphatic carbocycles. The molecule has 6 heteroatoms. The smallest absolute Gasteiger partial charge is 0.416 e. The number of carbonyl (C=O) groups is 1. The molecule has 0 aromatic heterocycles. The van der Waals surface area contributed by atoms with Crippen molar-refractivity contribution in [2.75, 3.05) is 13.2 Å². The number of carbonyl (C=O) groups excluding carboxylic acids is 1. The molecule has 0 atom stereocenters. The van der Waals surface area contributed by atoms with Crippen LogP contribution in [0.3, 0.4) is 0 Å². The Hall–Kier alpha value is -2.94. The molecular weight excluding hydrogens is 367 g/mol. The Balaban J connectivity index is 1.80. The molecule has 0 radical (unpaired) electrons. The van der Waals surface area contributed by atoms with Gasteiger partial charge < -0.3 is 10.1 Å². The van der Waals surface area contributed by atoms with Crippen molar-refractivity contribution in [2.24, 2.45) is 0 Å². The maximum absolute atomic E-state index is 12.6. The van der Waals surface area contributed by atoms with Crippen LogP contribution in [0.5, 0.6) is 5.75 Å². The number of hydrogen-bond donors (Lipinski definition) is 1. The van der Waals surface area contributed by atoms with Crippen molar-refractivity contribution in [3.05, 3.63) is 65.2 Å². The van der Waals surface area contributed by atoms with Crippen molar-refractivity contribution in [2.45, 2.75) is 32.4 Å². The summed E-state index contributed by atoms with van der Waals surface area (Å²) in [5.74, 6) is 5.22. The van der Waals surface area contributed by atoms with Gasteiger partial charge in [0.2, 0.25) is 0 Å². The van der Waals surface area contributed by atoms with Crippen LogP contribution in [-0.4, -0.2) is 19.1 Å². The lowest BCUT2D eigenvalue weighted by atomic mass is 9.87. The number of nitrogens with one attached hydrogen (secondary N) is 1. The number of benzene rings is 2. The monoisotopic (exact) mass is 389 g/mol. The first-order chi connectivity index (χ1) is 13.1. The van der Waals surface area contributed by atoms with Gasteiger partial charge in [0, 0.05) is 5.56 Å². The van der Waals surface area contributed by atoms with Gasteiger partial charge in [0.15, 0.2) is 0 Å². The van der Waals surface area contributed by atoms with Gasteiger partial charge in [-0.05, 0) is 41.3 Å². The first kappa shape index (κ1) is 21.4. The Bertz CT molecular complexity index is 870. The Morgan fingerprint density at radius 2 is 1.68 bits per heavy atom. The average molecular weight is 389 g/mol. The summed E-state index contributed by atoms with van der Waals surface area (Å²) in [6.45, 7) is 6.33. The van der Waals surface area contributed by atoms with Gasteiger partial charge >= 0.3 is 6.18 Å². The molecule has 28 heavy (non-hydrogen) atoms. The van der Waals surface area contributed by atoms with Crippen molar-refractivity contribution in [3.8, 4) is 17.6 Å². The summed E-state index contributed by atoms with van der Waals surface area (Å²) in [5.41, 5.74) is 0.911. The molecule has 0 aliphatic heterocycles. The first-order valence-corrected chi connectivity index (χ1v) is 8.72. The quantitative estimate of drug-likeness (QED) is 0.762. The van der Waals surface area contributed by atoms with Crippen LogP contribution in [0.4, 0.5) is 13.2 Å². The lowest BCUT2D eigenvalue weighted by molar-refractivity contribution is -0.137. The summed E-state index contributed by atoms with van der Waals surface area (Å²) in [6, 6.07) is 12.0. The van der Waals surface area contributed by atoms with E-state index < -0.39 is 11.7 Å². The van der Waals surface area contributed by atoms with E-state index in [4.69, 9.17) is 4.74 Å². The molecule has 0 heterocycles. The fourth-order valence-electron chi connectivity index (χ4n) is 2.34. The summed E-state index contributed by atoms with van der Waals surface area (Å²) >= 11 is 0. The number of rotatable bonds is 4. The molecule has 0 spiro atoms. The number of ether oxygens (including phenoxy) is 1. The molecule has 148 valence electrons. The van der Waals surface area contributed by atoms with Crippen molar-refractivity contribution in [1.82, 2.24) is 5.32 Å². The topological polar surface area (TPSA) is 38.3 Å². The molecule has 2 aromatic carbocycles. The highest BCUT2D eigenvalue weighted by molar-refractivity contribution is 5.94. The Labute approximate surface area is 162 Å². The molecule has 2 aromatic rings. The van der Waals surface area contributed by atoms with Crippen LogP contribution in [0, 0.1) is 11.8 Å². The zero-order chi connectivity index (χ0) is 20.8. The van der Waals surface area contributed by atoms with E-state index >= 15 is 0 Å². The third kappa shape index (κ3) is 6.34. The number of alkyl halides is 3. The molecule has 0 aliphatic rings. The van der Waals surface area contributed by atoms with Crippen molar-refractivity contribution < 1.29 is 22.7 Å². The summed E-state index contributed by atoms with van der Waals surface area (Å²) < 4.78 is 43.1. The Kier molecular flexibility index (Phi) is 6.74. The van der Waals surface area contributed by atoms with Gasteiger partial charge in [0.25, 0.3) is 5.91 Å². The van der Waals surface area contributed by atoms with Gasteiger partial charge in [-0.25, -0.2) is 0 Å². The van der Waals surface area contributed by atoms with Crippen LogP contribution in [-0.2, 0) is 11.6 Å². The molecule has 2 rings (SSSR count). The number of halogens is 3. The zero-order valence-corrected chi connectivity index (χ0v) is 16.0. The fraction of sp³-hybridized carbons (Fsp3) is 0.318. The van der Waals surface area contributed by atoms with Gasteiger partial charge in [0.1, 0.15) is 12.4 Å². The van der Waals surface area contributed by atoms with Crippen LogP contribution in [0.15, 0.2) is 48.5 Å². The minimum absolute atomic E-state index is 0.0140. The Morgan fingerprint density at radius 3 is 2.29 bits per heavy atom. The largest absolute Gasteiger partial charge is 0.481 e. The second-order valence-corrected chi connectivity index (χ2v) is 7.18. The minimum Gasteiger partial charge on any atom is -0.481 e. The summed E-state index contributed by atoms with van der Waals surface area (Å²) in [6.07, 6.45) is -4.42. The highest BCUT2D eigenvalue weighted by atomic mass is 19.4. The summed E-state index contributed by atoms with van der Waals surface area (Å²) in [4.78, 5) is 12.1. The lowest BCUT2D eigenvalue weighted by Crippen LogP contribution is -2.23. The number of amides is 1. The third-order valence-corrected chi connectivity index (χ3v) is 3.95. The van der Waals surface area contributed by atoms with Crippen molar-refractivity contribution in [3.63, 3.8) is 0 Å². The zero-order valence-electron chi connectivity index (χ0n) is 16.0. The molecule has 3 nitrogen and oxygen atoms in total. The minimum atomic E-state index is -4.42. The fourth-order valence-corrected chi connectivity index (χ4v) is 2.34. The lowest BCUT2D eigenvalue weighted by Gasteiger charge is -2.18. The summed E-state index contributed by atoms with van der Waals surface area (Å²) in [7, 11) is 0. The molecule has 0 bridgehead atoms. The van der Waals surface area contributed by atoms with E-state index in [-0.39, 0.29) is 30.2 Å². The van der Waals surface area contributed by atoms with Crippen LogP contribution in [0.1, 0.15) is 42.3 Å². The van der Waals surface area contributed by atoms with Crippen LogP contribution in [0.25, 0.3) is 0 Å². The second-order valence-electron chi connectivity index (χ2n) is 7.18.